The van der Waals surface area contributed by atoms with Crippen molar-refractivity contribution in [3.8, 4) is 11.4 Å². The molecule has 158 valence electrons. The molecule has 0 saturated heterocycles. The first-order chi connectivity index (χ1) is 15.2. The number of furan rings is 1. The summed E-state index contributed by atoms with van der Waals surface area (Å²) in [5.41, 5.74) is 1.76. The first-order valence-electron chi connectivity index (χ1n) is 9.63. The number of para-hydroxylation sites is 2. The molecule has 1 amide bonds. The zero-order valence-corrected chi connectivity index (χ0v) is 17.7. The predicted octanol–water partition coefficient (Wildman–Crippen LogP) is 3.59. The van der Waals surface area contributed by atoms with Gasteiger partial charge in [-0.3, -0.25) is 4.79 Å². The van der Waals surface area contributed by atoms with Gasteiger partial charge < -0.3 is 14.1 Å². The highest BCUT2D eigenvalue weighted by molar-refractivity contribution is 7.99. The van der Waals surface area contributed by atoms with Crippen LogP contribution in [0.3, 0.4) is 0 Å². The number of benzene rings is 2. The monoisotopic (exact) mass is 435 g/mol. The van der Waals surface area contributed by atoms with Crippen LogP contribution in [0.15, 0.2) is 82.6 Å². The van der Waals surface area contributed by atoms with Gasteiger partial charge in [0.15, 0.2) is 0 Å². The number of rotatable bonds is 9. The summed E-state index contributed by atoms with van der Waals surface area (Å²) in [5, 5.41) is 12.4. The highest BCUT2D eigenvalue weighted by atomic mass is 32.2. The normalized spacial score (nSPS) is 10.7. The third-order valence-corrected chi connectivity index (χ3v) is 5.48. The second-order valence-electron chi connectivity index (χ2n) is 6.65. The molecule has 2 aromatic carbocycles. The Bertz CT molecular complexity index is 1120. The third-order valence-electron chi connectivity index (χ3n) is 4.57. The fraction of sp³-hybridized carbons (Fsp3) is 0.182. The van der Waals surface area contributed by atoms with Gasteiger partial charge in [-0.05, 0) is 40.3 Å². The molecule has 0 aliphatic rings. The largest absolute Gasteiger partial charge is 0.494 e. The Morgan fingerprint density at radius 2 is 1.87 bits per heavy atom. The molecule has 0 N–H and O–H groups in total. The molecule has 8 nitrogen and oxygen atoms in total. The number of nitrogens with zero attached hydrogens (tertiary/aromatic N) is 5. The number of hydrogen-bond donors (Lipinski definition) is 0. The van der Waals surface area contributed by atoms with Gasteiger partial charge in [-0.1, -0.05) is 54.2 Å². The van der Waals surface area contributed by atoms with Gasteiger partial charge in [-0.2, -0.15) is 4.68 Å². The van der Waals surface area contributed by atoms with Gasteiger partial charge in [-0.25, -0.2) is 0 Å². The number of ether oxygens (including phenoxy) is 1. The van der Waals surface area contributed by atoms with E-state index in [2.05, 4.69) is 15.5 Å². The van der Waals surface area contributed by atoms with Crippen LogP contribution in [0.5, 0.6) is 5.75 Å². The van der Waals surface area contributed by atoms with Crippen molar-refractivity contribution in [2.75, 3.05) is 12.9 Å². The van der Waals surface area contributed by atoms with Crippen molar-refractivity contribution in [1.82, 2.24) is 25.1 Å². The minimum atomic E-state index is -0.0418. The van der Waals surface area contributed by atoms with E-state index in [4.69, 9.17) is 9.15 Å². The first kappa shape index (κ1) is 20.7. The van der Waals surface area contributed by atoms with Crippen LogP contribution in [0, 0.1) is 0 Å². The minimum Gasteiger partial charge on any atom is -0.494 e. The number of thioether (sulfide) groups is 1. The zero-order valence-electron chi connectivity index (χ0n) is 16.9. The van der Waals surface area contributed by atoms with Crippen molar-refractivity contribution >= 4 is 17.7 Å². The lowest BCUT2D eigenvalue weighted by Gasteiger charge is -2.21. The van der Waals surface area contributed by atoms with Crippen molar-refractivity contribution < 1.29 is 13.9 Å². The maximum atomic E-state index is 13.1. The topological polar surface area (TPSA) is 86.3 Å². The number of hydrogen-bond acceptors (Lipinski definition) is 7. The van der Waals surface area contributed by atoms with Crippen LogP contribution in [0.1, 0.15) is 11.3 Å². The summed E-state index contributed by atoms with van der Waals surface area (Å²) in [5.74, 6) is 1.52. The Labute approximate surface area is 183 Å². The van der Waals surface area contributed by atoms with Gasteiger partial charge in [0.2, 0.25) is 11.1 Å². The van der Waals surface area contributed by atoms with Crippen molar-refractivity contribution in [3.05, 3.63) is 84.3 Å². The molecule has 0 aliphatic carbocycles. The van der Waals surface area contributed by atoms with Gasteiger partial charge in [0.25, 0.3) is 0 Å². The molecule has 0 saturated carbocycles. The highest BCUT2D eigenvalue weighted by Gasteiger charge is 2.19. The maximum Gasteiger partial charge on any atom is 0.233 e. The molecule has 0 atom stereocenters. The van der Waals surface area contributed by atoms with E-state index in [1.54, 1.807) is 23.0 Å². The highest BCUT2D eigenvalue weighted by Crippen LogP contribution is 2.26. The molecule has 4 aromatic rings. The van der Waals surface area contributed by atoms with E-state index in [0.717, 1.165) is 11.3 Å². The van der Waals surface area contributed by atoms with Crippen molar-refractivity contribution in [3.63, 3.8) is 0 Å². The Balaban J connectivity index is 1.49. The molecule has 0 bridgehead atoms. The van der Waals surface area contributed by atoms with E-state index in [-0.39, 0.29) is 11.7 Å². The third kappa shape index (κ3) is 5.13. The Morgan fingerprint density at radius 3 is 2.65 bits per heavy atom. The van der Waals surface area contributed by atoms with Crippen molar-refractivity contribution in [1.29, 1.82) is 0 Å². The minimum absolute atomic E-state index is 0.0418. The summed E-state index contributed by atoms with van der Waals surface area (Å²) in [4.78, 5) is 14.9. The Kier molecular flexibility index (Phi) is 6.63. The van der Waals surface area contributed by atoms with E-state index >= 15 is 0 Å². The second-order valence-corrected chi connectivity index (χ2v) is 7.59. The fourth-order valence-corrected chi connectivity index (χ4v) is 3.86. The molecule has 2 aromatic heterocycles. The molecule has 0 unspecified atom stereocenters. The summed E-state index contributed by atoms with van der Waals surface area (Å²) < 4.78 is 12.4. The molecule has 0 fully saturated rings. The molecule has 2 heterocycles. The van der Waals surface area contributed by atoms with Crippen LogP contribution in [-0.4, -0.2) is 43.9 Å². The van der Waals surface area contributed by atoms with Crippen molar-refractivity contribution in [2.24, 2.45) is 0 Å². The van der Waals surface area contributed by atoms with Gasteiger partial charge in [0, 0.05) is 6.54 Å². The van der Waals surface area contributed by atoms with E-state index in [9.17, 15) is 4.79 Å². The summed E-state index contributed by atoms with van der Waals surface area (Å²) in [6, 6.07) is 21.0. The quantitative estimate of drug-likeness (QED) is 0.371. The van der Waals surface area contributed by atoms with E-state index < -0.39 is 0 Å². The Morgan fingerprint density at radius 1 is 1.06 bits per heavy atom. The first-order valence-corrected chi connectivity index (χ1v) is 10.6. The molecule has 0 aliphatic heterocycles. The SMILES string of the molecule is COc1ccccc1-n1nnnc1SCC(=O)N(Cc1ccccc1)Cc1ccco1. The van der Waals surface area contributed by atoms with E-state index in [0.29, 0.717) is 29.7 Å². The van der Waals surface area contributed by atoms with Crippen LogP contribution in [0.2, 0.25) is 0 Å². The molecule has 0 spiro atoms. The van der Waals surface area contributed by atoms with Gasteiger partial charge >= 0.3 is 0 Å². The molecule has 31 heavy (non-hydrogen) atoms. The van der Waals surface area contributed by atoms with Crippen LogP contribution in [0.25, 0.3) is 5.69 Å². The van der Waals surface area contributed by atoms with Gasteiger partial charge in [-0.15, -0.1) is 5.10 Å². The number of amides is 1. The second kappa shape index (κ2) is 9.94. The average Bonchev–Trinajstić information content (AvgIpc) is 3.49. The maximum absolute atomic E-state index is 13.1. The number of methoxy groups -OCH3 is 1. The number of carbonyl (C=O) groups excluding carboxylic acids is 1. The van der Waals surface area contributed by atoms with Crippen LogP contribution >= 0.6 is 11.8 Å². The van der Waals surface area contributed by atoms with Gasteiger partial charge in [0.05, 0.1) is 25.7 Å². The lowest BCUT2D eigenvalue weighted by molar-refractivity contribution is -0.129. The standard InChI is InChI=1S/C22H21N5O3S/c1-29-20-12-6-5-11-19(20)27-22(23-24-25-27)31-16-21(28)26(15-18-10-7-13-30-18)14-17-8-3-2-4-9-17/h2-13H,14-16H2,1H3. The summed E-state index contributed by atoms with van der Waals surface area (Å²) in [7, 11) is 1.59. The molecular weight excluding hydrogens is 414 g/mol. The summed E-state index contributed by atoms with van der Waals surface area (Å²) in [6.45, 7) is 0.872. The van der Waals surface area contributed by atoms with Crippen LogP contribution in [-0.2, 0) is 17.9 Å². The fourth-order valence-electron chi connectivity index (χ4n) is 3.07. The summed E-state index contributed by atoms with van der Waals surface area (Å²) in [6.07, 6.45) is 1.61. The Hall–Kier alpha value is -3.59. The molecule has 4 rings (SSSR count). The van der Waals surface area contributed by atoms with Crippen LogP contribution in [0.4, 0.5) is 0 Å². The number of tetrazole rings is 1. The average molecular weight is 436 g/mol. The molecule has 9 heteroatoms. The zero-order chi connectivity index (χ0) is 21.5. The van der Waals surface area contributed by atoms with Crippen molar-refractivity contribution in [2.45, 2.75) is 18.2 Å². The number of aromatic nitrogens is 4. The van der Waals surface area contributed by atoms with Crippen LogP contribution < -0.4 is 4.74 Å². The van der Waals surface area contributed by atoms with Gasteiger partial charge in [0.1, 0.15) is 17.2 Å². The predicted molar refractivity (Wildman–Crippen MR) is 116 cm³/mol. The summed E-state index contributed by atoms with van der Waals surface area (Å²) >= 11 is 1.28. The lowest BCUT2D eigenvalue weighted by Crippen LogP contribution is -2.31. The van der Waals surface area contributed by atoms with E-state index in [1.165, 1.54) is 11.8 Å². The number of carbonyl (C=O) groups is 1. The van der Waals surface area contributed by atoms with E-state index in [1.807, 2.05) is 66.7 Å². The molecular formula is C22H21N5O3S. The smallest absolute Gasteiger partial charge is 0.233 e. The lowest BCUT2D eigenvalue weighted by atomic mass is 10.2. The molecule has 0 radical (unpaired) electrons.